The number of hydrogen-bond donors (Lipinski definition) is 3. The molecule has 1 rings (SSSR count). The molecule has 3 N–H and O–H groups in total. The summed E-state index contributed by atoms with van der Waals surface area (Å²) in [4.78, 5) is 22.7. The third-order valence-corrected chi connectivity index (χ3v) is 4.21. The van der Waals surface area contributed by atoms with Gasteiger partial charge in [-0.25, -0.2) is 0 Å². The van der Waals surface area contributed by atoms with E-state index in [9.17, 15) is 9.59 Å². The van der Waals surface area contributed by atoms with Crippen molar-refractivity contribution in [3.8, 4) is 0 Å². The van der Waals surface area contributed by atoms with Crippen molar-refractivity contribution in [2.45, 2.75) is 71.4 Å². The third kappa shape index (κ3) is 7.46. The molecule has 0 bridgehead atoms. The zero-order chi connectivity index (χ0) is 15.8. The highest BCUT2D eigenvalue weighted by molar-refractivity contribution is 5.78. The fraction of sp³-hybridized carbons (Fsp3) is 0.875. The lowest BCUT2D eigenvalue weighted by Crippen LogP contribution is -2.43. The van der Waals surface area contributed by atoms with Crippen LogP contribution in [0.1, 0.15) is 59.3 Å². The summed E-state index contributed by atoms with van der Waals surface area (Å²) >= 11 is 0. The van der Waals surface area contributed by atoms with Gasteiger partial charge in [-0.05, 0) is 51.4 Å². The van der Waals surface area contributed by atoms with E-state index >= 15 is 0 Å². The number of rotatable bonds is 8. The minimum absolute atomic E-state index is 0.0339. The first-order chi connectivity index (χ1) is 9.88. The van der Waals surface area contributed by atoms with Gasteiger partial charge in [0, 0.05) is 12.1 Å². The summed E-state index contributed by atoms with van der Waals surface area (Å²) in [5, 5.41) is 15.2. The van der Waals surface area contributed by atoms with Gasteiger partial charge in [-0.15, -0.1) is 0 Å². The standard InChI is InChI=1S/C16H30N2O3/c1-11(2)4-5-12(3)18-15(19)10-17-14-8-6-13(7-9-14)16(20)21/h11-14,17H,4-10H2,1-3H3,(H,18,19)(H,20,21). The number of carboxylic acid groups (broad SMARTS) is 1. The lowest BCUT2D eigenvalue weighted by Gasteiger charge is -2.27. The molecule has 1 atom stereocenters. The highest BCUT2D eigenvalue weighted by atomic mass is 16.4. The average Bonchev–Trinajstić information content (AvgIpc) is 2.43. The highest BCUT2D eigenvalue weighted by Gasteiger charge is 2.25. The first-order valence-electron chi connectivity index (χ1n) is 8.14. The molecule has 0 radical (unpaired) electrons. The summed E-state index contributed by atoms with van der Waals surface area (Å²) in [6, 6.07) is 0.488. The second-order valence-corrected chi connectivity index (χ2v) is 6.71. The molecule has 1 aliphatic carbocycles. The quantitative estimate of drug-likeness (QED) is 0.641. The Labute approximate surface area is 127 Å². The van der Waals surface area contributed by atoms with Gasteiger partial charge >= 0.3 is 5.97 Å². The Morgan fingerprint density at radius 3 is 2.24 bits per heavy atom. The molecule has 0 aromatic rings. The molecule has 0 aromatic carbocycles. The topological polar surface area (TPSA) is 78.4 Å². The summed E-state index contributed by atoms with van der Waals surface area (Å²) in [6.45, 7) is 6.74. The minimum Gasteiger partial charge on any atom is -0.481 e. The monoisotopic (exact) mass is 298 g/mol. The van der Waals surface area contributed by atoms with Crippen molar-refractivity contribution >= 4 is 11.9 Å². The summed E-state index contributed by atoms with van der Waals surface area (Å²) in [5.74, 6) is -0.198. The summed E-state index contributed by atoms with van der Waals surface area (Å²) in [6.07, 6.45) is 5.22. The summed E-state index contributed by atoms with van der Waals surface area (Å²) in [5.41, 5.74) is 0. The van der Waals surface area contributed by atoms with Crippen molar-refractivity contribution in [2.24, 2.45) is 11.8 Å². The van der Waals surface area contributed by atoms with E-state index in [2.05, 4.69) is 24.5 Å². The van der Waals surface area contributed by atoms with Crippen LogP contribution >= 0.6 is 0 Å². The molecular weight excluding hydrogens is 268 g/mol. The predicted octanol–water partition coefficient (Wildman–Crippen LogP) is 2.16. The maximum Gasteiger partial charge on any atom is 0.306 e. The molecule has 0 aliphatic heterocycles. The maximum atomic E-state index is 11.8. The van der Waals surface area contributed by atoms with Gasteiger partial charge in [0.2, 0.25) is 5.91 Å². The SMILES string of the molecule is CC(C)CCC(C)NC(=O)CNC1CCC(C(=O)O)CC1. The molecule has 0 spiro atoms. The van der Waals surface area contributed by atoms with Gasteiger partial charge in [-0.3, -0.25) is 9.59 Å². The number of carbonyl (C=O) groups excluding carboxylic acids is 1. The molecule has 1 amide bonds. The Balaban J connectivity index is 2.15. The van der Waals surface area contributed by atoms with E-state index in [0.717, 1.165) is 25.7 Å². The zero-order valence-corrected chi connectivity index (χ0v) is 13.5. The van der Waals surface area contributed by atoms with Crippen molar-refractivity contribution in [3.05, 3.63) is 0 Å². The van der Waals surface area contributed by atoms with Crippen LogP contribution in [-0.2, 0) is 9.59 Å². The molecule has 0 heterocycles. The molecule has 1 saturated carbocycles. The van der Waals surface area contributed by atoms with E-state index in [1.54, 1.807) is 0 Å². The molecule has 1 aliphatic rings. The molecule has 122 valence electrons. The first-order valence-corrected chi connectivity index (χ1v) is 8.14. The molecule has 0 aromatic heterocycles. The molecule has 1 fully saturated rings. The van der Waals surface area contributed by atoms with Crippen LogP contribution in [0.4, 0.5) is 0 Å². The van der Waals surface area contributed by atoms with Gasteiger partial charge in [0.05, 0.1) is 12.5 Å². The van der Waals surface area contributed by atoms with E-state index in [-0.39, 0.29) is 23.9 Å². The minimum atomic E-state index is -0.690. The van der Waals surface area contributed by atoms with Crippen LogP contribution in [-0.4, -0.2) is 35.6 Å². The normalized spacial score (nSPS) is 23.8. The van der Waals surface area contributed by atoms with Gasteiger partial charge in [-0.2, -0.15) is 0 Å². The van der Waals surface area contributed by atoms with Crippen LogP contribution in [0.25, 0.3) is 0 Å². The number of aliphatic carboxylic acids is 1. The first kappa shape index (κ1) is 18.0. The number of amides is 1. The van der Waals surface area contributed by atoms with Crippen molar-refractivity contribution in [1.82, 2.24) is 10.6 Å². The van der Waals surface area contributed by atoms with E-state index in [1.807, 2.05) is 6.92 Å². The van der Waals surface area contributed by atoms with Crippen LogP contribution in [0.5, 0.6) is 0 Å². The van der Waals surface area contributed by atoms with Gasteiger partial charge in [0.15, 0.2) is 0 Å². The van der Waals surface area contributed by atoms with Gasteiger partial charge in [-0.1, -0.05) is 13.8 Å². The van der Waals surface area contributed by atoms with E-state index in [4.69, 9.17) is 5.11 Å². The second kappa shape index (κ2) is 9.03. The Kier molecular flexibility index (Phi) is 7.72. The van der Waals surface area contributed by atoms with Crippen molar-refractivity contribution < 1.29 is 14.7 Å². The average molecular weight is 298 g/mol. The Bertz CT molecular complexity index is 336. The number of nitrogens with one attached hydrogen (secondary N) is 2. The van der Waals surface area contributed by atoms with Crippen LogP contribution in [0.2, 0.25) is 0 Å². The molecule has 5 heteroatoms. The maximum absolute atomic E-state index is 11.8. The second-order valence-electron chi connectivity index (χ2n) is 6.71. The number of hydrogen-bond acceptors (Lipinski definition) is 3. The van der Waals surface area contributed by atoms with E-state index in [0.29, 0.717) is 25.3 Å². The molecular formula is C16H30N2O3. The van der Waals surface area contributed by atoms with Crippen molar-refractivity contribution in [1.29, 1.82) is 0 Å². The lowest BCUT2D eigenvalue weighted by atomic mass is 9.86. The fourth-order valence-corrected chi connectivity index (χ4v) is 2.76. The van der Waals surface area contributed by atoms with Gasteiger partial charge in [0.1, 0.15) is 0 Å². The predicted molar refractivity (Wildman–Crippen MR) is 83.1 cm³/mol. The summed E-state index contributed by atoms with van der Waals surface area (Å²) < 4.78 is 0. The van der Waals surface area contributed by atoms with Gasteiger partial charge in [0.25, 0.3) is 0 Å². The molecule has 0 saturated heterocycles. The molecule has 21 heavy (non-hydrogen) atoms. The van der Waals surface area contributed by atoms with Crippen molar-refractivity contribution in [3.63, 3.8) is 0 Å². The van der Waals surface area contributed by atoms with Crippen LogP contribution < -0.4 is 10.6 Å². The lowest BCUT2D eigenvalue weighted by molar-refractivity contribution is -0.143. The van der Waals surface area contributed by atoms with E-state index < -0.39 is 5.97 Å². The largest absolute Gasteiger partial charge is 0.481 e. The number of carbonyl (C=O) groups is 2. The third-order valence-electron chi connectivity index (χ3n) is 4.21. The Morgan fingerprint density at radius 2 is 1.71 bits per heavy atom. The smallest absolute Gasteiger partial charge is 0.306 e. The fourth-order valence-electron chi connectivity index (χ4n) is 2.76. The summed E-state index contributed by atoms with van der Waals surface area (Å²) in [7, 11) is 0. The molecule has 5 nitrogen and oxygen atoms in total. The van der Waals surface area contributed by atoms with Crippen LogP contribution in [0.15, 0.2) is 0 Å². The number of carboxylic acids is 1. The van der Waals surface area contributed by atoms with E-state index in [1.165, 1.54) is 0 Å². The molecule has 1 unspecified atom stereocenters. The van der Waals surface area contributed by atoms with Crippen molar-refractivity contribution in [2.75, 3.05) is 6.54 Å². The Hall–Kier alpha value is -1.10. The van der Waals surface area contributed by atoms with Crippen LogP contribution in [0.3, 0.4) is 0 Å². The zero-order valence-electron chi connectivity index (χ0n) is 13.5. The van der Waals surface area contributed by atoms with Gasteiger partial charge < -0.3 is 15.7 Å². The Morgan fingerprint density at radius 1 is 1.10 bits per heavy atom. The van der Waals surface area contributed by atoms with Crippen LogP contribution in [0, 0.1) is 11.8 Å². The highest BCUT2D eigenvalue weighted by Crippen LogP contribution is 2.24.